The highest BCUT2D eigenvalue weighted by molar-refractivity contribution is 9.10. The molecule has 3 rings (SSSR count). The number of carbonyl (C=O) groups is 1. The molecule has 0 aliphatic rings. The predicted molar refractivity (Wildman–Crippen MR) is 77.6 cm³/mol. The van der Waals surface area contributed by atoms with Crippen molar-refractivity contribution in [3.8, 4) is 0 Å². The average Bonchev–Trinajstić information content (AvgIpc) is 2.95. The van der Waals surface area contributed by atoms with E-state index < -0.39 is 0 Å². The Bertz CT molecular complexity index is 806. The summed E-state index contributed by atoms with van der Waals surface area (Å²) >= 11 is 3.16. The Morgan fingerprint density at radius 1 is 1.45 bits per heavy atom. The van der Waals surface area contributed by atoms with E-state index >= 15 is 0 Å². The molecule has 3 heterocycles. The Hall–Kier alpha value is -2.15. The number of aryl methyl sites for hydroxylation is 2. The van der Waals surface area contributed by atoms with Crippen LogP contribution in [0, 0.1) is 6.92 Å². The van der Waals surface area contributed by atoms with Gasteiger partial charge in [-0.25, -0.2) is 4.98 Å². The summed E-state index contributed by atoms with van der Waals surface area (Å²) in [5.74, 6) is -0.0849. The van der Waals surface area contributed by atoms with E-state index in [1.807, 2.05) is 20.0 Å². The number of carbonyl (C=O) groups excluding carboxylic acids is 1. The van der Waals surface area contributed by atoms with Gasteiger partial charge in [-0.05, 0) is 41.1 Å². The minimum atomic E-state index is -0.321. The zero-order chi connectivity index (χ0) is 14.3. The number of fused-ring (bicyclic) bond motifs is 1. The molecule has 6 nitrogen and oxygen atoms in total. The third-order valence-electron chi connectivity index (χ3n) is 2.92. The zero-order valence-corrected chi connectivity index (χ0v) is 12.4. The minimum absolute atomic E-state index is 0.236. The summed E-state index contributed by atoms with van der Waals surface area (Å²) in [6, 6.07) is 5.11. The van der Waals surface area contributed by atoms with Crippen LogP contribution in [0.3, 0.4) is 0 Å². The molecule has 1 amide bonds. The van der Waals surface area contributed by atoms with Crippen molar-refractivity contribution < 1.29 is 9.21 Å². The van der Waals surface area contributed by atoms with Crippen molar-refractivity contribution in [2.75, 3.05) is 5.32 Å². The zero-order valence-electron chi connectivity index (χ0n) is 10.8. The highest BCUT2D eigenvalue weighted by atomic mass is 79.9. The topological polar surface area (TPSA) is 73.0 Å². The number of furan rings is 1. The number of hydrogen-bond donors (Lipinski definition) is 1. The van der Waals surface area contributed by atoms with E-state index in [2.05, 4.69) is 31.3 Å². The first-order valence-corrected chi connectivity index (χ1v) is 6.70. The summed E-state index contributed by atoms with van der Waals surface area (Å²) in [7, 11) is 1.83. The first-order chi connectivity index (χ1) is 9.54. The molecular formula is C13H11BrN4O2. The van der Waals surface area contributed by atoms with Gasteiger partial charge in [0.25, 0.3) is 5.91 Å². The SMILES string of the molecule is Cc1nn(C)c2ncc(NC(=O)c3ccc(Br)o3)cc12. The van der Waals surface area contributed by atoms with E-state index in [0.717, 1.165) is 16.7 Å². The molecular weight excluding hydrogens is 324 g/mol. The lowest BCUT2D eigenvalue weighted by Crippen LogP contribution is -2.11. The van der Waals surface area contributed by atoms with Crippen molar-refractivity contribution in [2.45, 2.75) is 6.92 Å². The molecule has 3 aromatic rings. The number of nitrogens with one attached hydrogen (secondary N) is 1. The number of hydrogen-bond acceptors (Lipinski definition) is 4. The normalized spacial score (nSPS) is 10.9. The Morgan fingerprint density at radius 2 is 2.25 bits per heavy atom. The maximum absolute atomic E-state index is 12.0. The first kappa shape index (κ1) is 12.9. The predicted octanol–water partition coefficient (Wildman–Crippen LogP) is 2.88. The van der Waals surface area contributed by atoms with Crippen LogP contribution < -0.4 is 5.32 Å². The van der Waals surface area contributed by atoms with Gasteiger partial charge >= 0.3 is 0 Å². The van der Waals surface area contributed by atoms with Crippen LogP contribution in [0.15, 0.2) is 33.5 Å². The van der Waals surface area contributed by atoms with Gasteiger partial charge in [0.2, 0.25) is 0 Å². The fourth-order valence-electron chi connectivity index (χ4n) is 2.01. The van der Waals surface area contributed by atoms with Crippen LogP contribution in [0.2, 0.25) is 0 Å². The second-order valence-electron chi connectivity index (χ2n) is 4.36. The van der Waals surface area contributed by atoms with Crippen molar-refractivity contribution in [3.63, 3.8) is 0 Å². The van der Waals surface area contributed by atoms with Gasteiger partial charge in [-0.3, -0.25) is 9.48 Å². The lowest BCUT2D eigenvalue weighted by Gasteiger charge is -2.03. The highest BCUT2D eigenvalue weighted by Crippen LogP contribution is 2.20. The molecule has 20 heavy (non-hydrogen) atoms. The van der Waals surface area contributed by atoms with Gasteiger partial charge in [0.1, 0.15) is 0 Å². The van der Waals surface area contributed by atoms with E-state index in [-0.39, 0.29) is 11.7 Å². The van der Waals surface area contributed by atoms with Crippen molar-refractivity contribution >= 4 is 38.6 Å². The van der Waals surface area contributed by atoms with Gasteiger partial charge in [0.15, 0.2) is 16.1 Å². The second-order valence-corrected chi connectivity index (χ2v) is 5.14. The van der Waals surface area contributed by atoms with Gasteiger partial charge < -0.3 is 9.73 Å². The summed E-state index contributed by atoms with van der Waals surface area (Å²) < 4.78 is 7.42. The van der Waals surface area contributed by atoms with Gasteiger partial charge in [-0.2, -0.15) is 5.10 Å². The molecule has 102 valence electrons. The summed E-state index contributed by atoms with van der Waals surface area (Å²) in [5.41, 5.74) is 2.25. The third-order valence-corrected chi connectivity index (χ3v) is 3.34. The number of anilines is 1. The fraction of sp³-hybridized carbons (Fsp3) is 0.154. The standard InChI is InChI=1S/C13H11BrN4O2/c1-7-9-5-8(6-15-12(9)18(2)17-7)16-13(19)10-3-4-11(14)20-10/h3-6H,1-2H3,(H,16,19). The molecule has 3 aromatic heterocycles. The molecule has 0 saturated heterocycles. The Morgan fingerprint density at radius 3 is 2.95 bits per heavy atom. The molecule has 0 radical (unpaired) electrons. The molecule has 0 atom stereocenters. The van der Waals surface area contributed by atoms with Gasteiger partial charge in [-0.15, -0.1) is 0 Å². The lowest BCUT2D eigenvalue weighted by molar-refractivity contribution is 0.0995. The lowest BCUT2D eigenvalue weighted by atomic mass is 10.2. The van der Waals surface area contributed by atoms with E-state index in [9.17, 15) is 4.79 Å². The monoisotopic (exact) mass is 334 g/mol. The van der Waals surface area contributed by atoms with E-state index in [4.69, 9.17) is 4.42 Å². The largest absolute Gasteiger partial charge is 0.444 e. The number of rotatable bonds is 2. The number of amides is 1. The summed E-state index contributed by atoms with van der Waals surface area (Å²) in [5, 5.41) is 7.94. The van der Waals surface area contributed by atoms with Crippen LogP contribution in [0.25, 0.3) is 11.0 Å². The average molecular weight is 335 g/mol. The van der Waals surface area contributed by atoms with Crippen LogP contribution in [0.1, 0.15) is 16.2 Å². The molecule has 0 aliphatic carbocycles. The number of nitrogens with zero attached hydrogens (tertiary/aromatic N) is 3. The second kappa shape index (κ2) is 4.75. The van der Waals surface area contributed by atoms with Gasteiger partial charge in [-0.1, -0.05) is 0 Å². The maximum Gasteiger partial charge on any atom is 0.291 e. The van der Waals surface area contributed by atoms with Crippen LogP contribution in [0.5, 0.6) is 0 Å². The molecule has 1 N–H and O–H groups in total. The van der Waals surface area contributed by atoms with Crippen LogP contribution in [0.4, 0.5) is 5.69 Å². The highest BCUT2D eigenvalue weighted by Gasteiger charge is 2.12. The summed E-state index contributed by atoms with van der Waals surface area (Å²) in [6.45, 7) is 1.90. The molecule has 0 aliphatic heterocycles. The number of halogens is 1. The van der Waals surface area contributed by atoms with E-state index in [1.54, 1.807) is 23.0 Å². The molecule has 7 heteroatoms. The van der Waals surface area contributed by atoms with Crippen molar-refractivity contribution in [3.05, 3.63) is 40.5 Å². The van der Waals surface area contributed by atoms with Crippen LogP contribution in [-0.4, -0.2) is 20.7 Å². The summed E-state index contributed by atoms with van der Waals surface area (Å²) in [6.07, 6.45) is 1.60. The molecule has 0 spiro atoms. The molecule has 0 aromatic carbocycles. The molecule has 0 unspecified atom stereocenters. The minimum Gasteiger partial charge on any atom is -0.444 e. The molecule has 0 bridgehead atoms. The quantitative estimate of drug-likeness (QED) is 0.782. The van der Waals surface area contributed by atoms with Crippen LogP contribution >= 0.6 is 15.9 Å². The number of aromatic nitrogens is 3. The maximum atomic E-state index is 12.0. The van der Waals surface area contributed by atoms with Gasteiger partial charge in [0, 0.05) is 12.4 Å². The Balaban J connectivity index is 1.91. The van der Waals surface area contributed by atoms with Crippen LogP contribution in [-0.2, 0) is 7.05 Å². The fourth-order valence-corrected chi connectivity index (χ4v) is 2.31. The van der Waals surface area contributed by atoms with Crippen molar-refractivity contribution in [2.24, 2.45) is 7.05 Å². The van der Waals surface area contributed by atoms with Crippen molar-refractivity contribution in [1.29, 1.82) is 0 Å². The third kappa shape index (κ3) is 2.20. The van der Waals surface area contributed by atoms with E-state index in [0.29, 0.717) is 10.4 Å². The molecule has 0 saturated carbocycles. The van der Waals surface area contributed by atoms with E-state index in [1.165, 1.54) is 0 Å². The first-order valence-electron chi connectivity index (χ1n) is 5.90. The Labute approximate surface area is 122 Å². The van der Waals surface area contributed by atoms with Crippen molar-refractivity contribution in [1.82, 2.24) is 14.8 Å². The summed E-state index contributed by atoms with van der Waals surface area (Å²) in [4.78, 5) is 16.3. The molecule has 0 fully saturated rings. The number of pyridine rings is 1. The smallest absolute Gasteiger partial charge is 0.291 e. The van der Waals surface area contributed by atoms with Gasteiger partial charge in [0.05, 0.1) is 17.6 Å². The Kier molecular flexibility index (Phi) is 3.06.